The first-order chi connectivity index (χ1) is 7.71. The molecule has 100 valence electrons. The van der Waals surface area contributed by atoms with E-state index in [2.05, 4.69) is 5.32 Å². The zero-order chi connectivity index (χ0) is 13.3. The molecule has 1 saturated heterocycles. The molecule has 0 aliphatic carbocycles. The summed E-state index contributed by atoms with van der Waals surface area (Å²) >= 11 is 0. The minimum absolute atomic E-state index is 0.0587. The van der Waals surface area contributed by atoms with Crippen molar-refractivity contribution in [2.75, 3.05) is 20.1 Å². The lowest BCUT2D eigenvalue weighted by Crippen LogP contribution is -2.54. The lowest BCUT2D eigenvalue weighted by Gasteiger charge is -2.29. The summed E-state index contributed by atoms with van der Waals surface area (Å²) in [6, 6.07) is -0.597. The van der Waals surface area contributed by atoms with Gasteiger partial charge in [0.1, 0.15) is 0 Å². The largest absolute Gasteiger partial charge is 0.463 e. The summed E-state index contributed by atoms with van der Waals surface area (Å²) in [5, 5.41) is 2.66. The molecule has 1 aliphatic rings. The number of rotatable bonds is 3. The molecule has 1 N–H and O–H groups in total. The Morgan fingerprint density at radius 1 is 1.35 bits per heavy atom. The summed E-state index contributed by atoms with van der Waals surface area (Å²) < 4.78 is 61.8. The Balaban J connectivity index is 2.82. The number of halogens is 5. The predicted octanol–water partition coefficient (Wildman–Crippen LogP) is 1.39. The van der Waals surface area contributed by atoms with Crippen LogP contribution >= 0.6 is 0 Å². The van der Waals surface area contributed by atoms with Crippen molar-refractivity contribution in [3.8, 4) is 0 Å². The van der Waals surface area contributed by atoms with E-state index in [1.165, 1.54) is 0 Å². The summed E-state index contributed by atoms with van der Waals surface area (Å²) in [6.45, 7) is 0.149. The molecule has 0 aromatic heterocycles. The highest BCUT2D eigenvalue weighted by molar-refractivity contribution is 5.85. The summed E-state index contributed by atoms with van der Waals surface area (Å²) in [6.07, 6.45) is -4.97. The van der Waals surface area contributed by atoms with Crippen LogP contribution in [0.15, 0.2) is 0 Å². The molecular weight excluding hydrogens is 247 g/mol. The van der Waals surface area contributed by atoms with E-state index >= 15 is 0 Å². The van der Waals surface area contributed by atoms with Crippen LogP contribution in [0.3, 0.4) is 0 Å². The number of amides is 1. The van der Waals surface area contributed by atoms with Gasteiger partial charge in [0.05, 0.1) is 0 Å². The minimum Gasteiger partial charge on any atom is -0.333 e. The number of likely N-dealkylation sites (N-methyl/N-ethyl adjacent to an activating group) is 1. The Bertz CT molecular complexity index is 292. The standard InChI is InChI=1S/C9H13F5N2O/c1-15-5-6-3-2-4-16(6)7(17)8(10,11)9(12,13)14/h6,15H,2-5H2,1H3. The van der Waals surface area contributed by atoms with Crippen LogP contribution in [-0.4, -0.2) is 49.1 Å². The quantitative estimate of drug-likeness (QED) is 0.778. The van der Waals surface area contributed by atoms with Crippen LogP contribution in [0.1, 0.15) is 12.8 Å². The molecule has 0 spiro atoms. The van der Waals surface area contributed by atoms with Crippen molar-refractivity contribution in [3.63, 3.8) is 0 Å². The third kappa shape index (κ3) is 2.67. The number of alkyl halides is 5. The Kier molecular flexibility index (Phi) is 3.95. The minimum atomic E-state index is -5.84. The highest BCUT2D eigenvalue weighted by Crippen LogP contribution is 2.38. The molecule has 1 aliphatic heterocycles. The van der Waals surface area contributed by atoms with Crippen LogP contribution in [0.2, 0.25) is 0 Å². The van der Waals surface area contributed by atoms with Gasteiger partial charge in [-0.3, -0.25) is 4.79 Å². The van der Waals surface area contributed by atoms with Crippen molar-refractivity contribution in [2.45, 2.75) is 31.0 Å². The van der Waals surface area contributed by atoms with Gasteiger partial charge in [-0.25, -0.2) is 0 Å². The van der Waals surface area contributed by atoms with Crippen molar-refractivity contribution in [2.24, 2.45) is 0 Å². The molecule has 0 aromatic rings. The van der Waals surface area contributed by atoms with E-state index in [0.717, 1.165) is 0 Å². The average molecular weight is 260 g/mol. The van der Waals surface area contributed by atoms with E-state index in [-0.39, 0.29) is 13.1 Å². The topological polar surface area (TPSA) is 32.3 Å². The Morgan fingerprint density at radius 3 is 2.41 bits per heavy atom. The zero-order valence-electron chi connectivity index (χ0n) is 9.15. The van der Waals surface area contributed by atoms with Gasteiger partial charge in [0, 0.05) is 19.1 Å². The highest BCUT2D eigenvalue weighted by Gasteiger charge is 2.65. The second-order valence-electron chi connectivity index (χ2n) is 3.92. The van der Waals surface area contributed by atoms with Crippen LogP contribution in [0.5, 0.6) is 0 Å². The van der Waals surface area contributed by atoms with Crippen molar-refractivity contribution in [3.05, 3.63) is 0 Å². The van der Waals surface area contributed by atoms with Gasteiger partial charge in [-0.2, -0.15) is 22.0 Å². The zero-order valence-corrected chi connectivity index (χ0v) is 9.15. The van der Waals surface area contributed by atoms with E-state index in [1.807, 2.05) is 0 Å². The first kappa shape index (κ1) is 14.1. The third-order valence-corrected chi connectivity index (χ3v) is 2.70. The third-order valence-electron chi connectivity index (χ3n) is 2.70. The van der Waals surface area contributed by atoms with Crippen LogP contribution in [0.25, 0.3) is 0 Å². The molecular formula is C9H13F5N2O. The SMILES string of the molecule is CNCC1CCCN1C(=O)C(F)(F)C(F)(F)F. The fourth-order valence-electron chi connectivity index (χ4n) is 1.85. The Labute approximate surface area is 95.0 Å². The summed E-state index contributed by atoms with van der Waals surface area (Å²) in [4.78, 5) is 11.8. The maximum Gasteiger partial charge on any atom is 0.463 e. The van der Waals surface area contributed by atoms with Gasteiger partial charge in [-0.15, -0.1) is 0 Å². The molecule has 3 nitrogen and oxygen atoms in total. The van der Waals surface area contributed by atoms with Gasteiger partial charge in [0.25, 0.3) is 0 Å². The van der Waals surface area contributed by atoms with E-state index in [1.54, 1.807) is 7.05 Å². The fourth-order valence-corrected chi connectivity index (χ4v) is 1.85. The number of carbonyl (C=O) groups is 1. The molecule has 1 fully saturated rings. The lowest BCUT2D eigenvalue weighted by molar-refractivity contribution is -0.274. The number of carbonyl (C=O) groups excluding carboxylic acids is 1. The van der Waals surface area contributed by atoms with E-state index in [0.29, 0.717) is 17.7 Å². The summed E-state index contributed by atoms with van der Waals surface area (Å²) in [5.41, 5.74) is 0. The van der Waals surface area contributed by atoms with Gasteiger partial charge in [0.15, 0.2) is 0 Å². The van der Waals surface area contributed by atoms with E-state index < -0.39 is 24.0 Å². The fraction of sp³-hybridized carbons (Fsp3) is 0.889. The average Bonchev–Trinajstić information content (AvgIpc) is 2.63. The molecule has 1 heterocycles. The van der Waals surface area contributed by atoms with Crippen LogP contribution < -0.4 is 5.32 Å². The van der Waals surface area contributed by atoms with Gasteiger partial charge < -0.3 is 10.2 Å². The summed E-state index contributed by atoms with van der Waals surface area (Å²) in [5.74, 6) is -7.45. The van der Waals surface area contributed by atoms with Gasteiger partial charge >= 0.3 is 18.0 Å². The molecule has 1 atom stereocenters. The molecule has 8 heteroatoms. The lowest BCUT2D eigenvalue weighted by atomic mass is 10.2. The van der Waals surface area contributed by atoms with E-state index in [9.17, 15) is 26.7 Å². The predicted molar refractivity (Wildman–Crippen MR) is 49.7 cm³/mol. The van der Waals surface area contributed by atoms with Gasteiger partial charge in [0.2, 0.25) is 0 Å². The molecule has 0 saturated carbocycles. The first-order valence-corrected chi connectivity index (χ1v) is 5.12. The molecule has 0 aromatic carbocycles. The number of hydrogen-bond acceptors (Lipinski definition) is 2. The molecule has 0 radical (unpaired) electrons. The Hall–Kier alpha value is -0.920. The van der Waals surface area contributed by atoms with Crippen LogP contribution in [0, 0.1) is 0 Å². The number of nitrogens with zero attached hydrogens (tertiary/aromatic N) is 1. The van der Waals surface area contributed by atoms with Crippen LogP contribution in [-0.2, 0) is 4.79 Å². The molecule has 1 amide bonds. The number of likely N-dealkylation sites (tertiary alicyclic amines) is 1. The van der Waals surface area contributed by atoms with E-state index in [4.69, 9.17) is 0 Å². The second-order valence-corrected chi connectivity index (χ2v) is 3.92. The normalized spacial score (nSPS) is 22.0. The smallest absolute Gasteiger partial charge is 0.333 e. The Morgan fingerprint density at radius 2 is 1.94 bits per heavy atom. The van der Waals surface area contributed by atoms with Crippen molar-refractivity contribution < 1.29 is 26.7 Å². The first-order valence-electron chi connectivity index (χ1n) is 5.12. The molecule has 1 rings (SSSR count). The maximum absolute atomic E-state index is 12.9. The number of nitrogens with one attached hydrogen (secondary N) is 1. The van der Waals surface area contributed by atoms with Crippen molar-refractivity contribution in [1.29, 1.82) is 0 Å². The molecule has 17 heavy (non-hydrogen) atoms. The number of hydrogen-bond donors (Lipinski definition) is 1. The van der Waals surface area contributed by atoms with Crippen molar-refractivity contribution >= 4 is 5.91 Å². The molecule has 0 bridgehead atoms. The van der Waals surface area contributed by atoms with Crippen molar-refractivity contribution in [1.82, 2.24) is 10.2 Å². The summed E-state index contributed by atoms with van der Waals surface area (Å²) in [7, 11) is 1.54. The van der Waals surface area contributed by atoms with Crippen LogP contribution in [0.4, 0.5) is 22.0 Å². The molecule has 1 unspecified atom stereocenters. The highest BCUT2D eigenvalue weighted by atomic mass is 19.4. The second kappa shape index (κ2) is 4.75. The monoisotopic (exact) mass is 260 g/mol. The van der Waals surface area contributed by atoms with Gasteiger partial charge in [-0.1, -0.05) is 0 Å². The maximum atomic E-state index is 12.9. The van der Waals surface area contributed by atoms with Gasteiger partial charge in [-0.05, 0) is 19.9 Å².